The molecule has 2 heterocycles. The first-order valence-corrected chi connectivity index (χ1v) is 9.71. The standard InChI is InChI=1S/C23H22N6O2/c1-15-24-21(14-22(25-15)29(2)3)26-17-9-11-18(12-10-17)27-23(30)19-13-20(31-28-19)16-7-5-4-6-8-16/h4-14H,1-3H3,(H,27,30)(H,24,25,26). The second kappa shape index (κ2) is 8.66. The Bertz CT molecular complexity index is 1190. The van der Waals surface area contributed by atoms with Gasteiger partial charge in [0, 0.05) is 43.2 Å². The third-order valence-corrected chi connectivity index (χ3v) is 4.50. The summed E-state index contributed by atoms with van der Waals surface area (Å²) >= 11 is 0. The van der Waals surface area contributed by atoms with Crippen molar-refractivity contribution in [1.82, 2.24) is 15.1 Å². The van der Waals surface area contributed by atoms with E-state index in [1.54, 1.807) is 18.2 Å². The average molecular weight is 414 g/mol. The van der Waals surface area contributed by atoms with Gasteiger partial charge in [-0.2, -0.15) is 0 Å². The van der Waals surface area contributed by atoms with Gasteiger partial charge in [0.1, 0.15) is 17.5 Å². The van der Waals surface area contributed by atoms with Crippen LogP contribution in [0.15, 0.2) is 71.3 Å². The fraction of sp³-hybridized carbons (Fsp3) is 0.130. The summed E-state index contributed by atoms with van der Waals surface area (Å²) in [6.45, 7) is 1.85. The number of carbonyl (C=O) groups is 1. The van der Waals surface area contributed by atoms with Crippen LogP contribution in [0.5, 0.6) is 0 Å². The highest BCUT2D eigenvalue weighted by Gasteiger charge is 2.14. The number of carbonyl (C=O) groups excluding carboxylic acids is 1. The van der Waals surface area contributed by atoms with Crippen LogP contribution < -0.4 is 15.5 Å². The van der Waals surface area contributed by atoms with E-state index in [9.17, 15) is 4.79 Å². The van der Waals surface area contributed by atoms with E-state index in [4.69, 9.17) is 4.52 Å². The van der Waals surface area contributed by atoms with Gasteiger partial charge >= 0.3 is 0 Å². The van der Waals surface area contributed by atoms with Crippen LogP contribution in [0.25, 0.3) is 11.3 Å². The topological polar surface area (TPSA) is 96.2 Å². The smallest absolute Gasteiger partial charge is 0.277 e. The van der Waals surface area contributed by atoms with Crippen molar-refractivity contribution >= 4 is 28.9 Å². The van der Waals surface area contributed by atoms with E-state index in [1.165, 1.54) is 0 Å². The molecule has 0 unspecified atom stereocenters. The van der Waals surface area contributed by atoms with Crippen molar-refractivity contribution in [3.63, 3.8) is 0 Å². The lowest BCUT2D eigenvalue weighted by molar-refractivity contribution is 0.101. The normalized spacial score (nSPS) is 10.5. The fourth-order valence-corrected chi connectivity index (χ4v) is 2.95. The molecule has 8 nitrogen and oxygen atoms in total. The van der Waals surface area contributed by atoms with E-state index >= 15 is 0 Å². The van der Waals surface area contributed by atoms with Gasteiger partial charge in [-0.25, -0.2) is 9.97 Å². The summed E-state index contributed by atoms with van der Waals surface area (Å²) in [7, 11) is 3.86. The quantitative estimate of drug-likeness (QED) is 0.479. The van der Waals surface area contributed by atoms with Gasteiger partial charge in [-0.15, -0.1) is 0 Å². The molecule has 31 heavy (non-hydrogen) atoms. The molecule has 2 aromatic carbocycles. The van der Waals surface area contributed by atoms with E-state index in [0.29, 0.717) is 23.1 Å². The molecule has 0 saturated heterocycles. The summed E-state index contributed by atoms with van der Waals surface area (Å²) < 4.78 is 5.29. The Morgan fingerprint density at radius 1 is 0.935 bits per heavy atom. The summed E-state index contributed by atoms with van der Waals surface area (Å²) in [4.78, 5) is 23.2. The first kappa shape index (κ1) is 20.1. The van der Waals surface area contributed by atoms with Crippen LogP contribution in [0.3, 0.4) is 0 Å². The molecule has 156 valence electrons. The summed E-state index contributed by atoms with van der Waals surface area (Å²) in [6, 6.07) is 20.3. The van der Waals surface area contributed by atoms with Crippen LogP contribution in [-0.4, -0.2) is 35.1 Å². The second-order valence-electron chi connectivity index (χ2n) is 7.15. The highest BCUT2D eigenvalue weighted by Crippen LogP contribution is 2.22. The van der Waals surface area contributed by atoms with Gasteiger partial charge in [0.05, 0.1) is 0 Å². The Kier molecular flexibility index (Phi) is 5.61. The van der Waals surface area contributed by atoms with Crippen molar-refractivity contribution < 1.29 is 9.32 Å². The van der Waals surface area contributed by atoms with Crippen LogP contribution in [0, 0.1) is 6.92 Å². The molecule has 2 aromatic heterocycles. The number of benzene rings is 2. The monoisotopic (exact) mass is 414 g/mol. The number of hydrogen-bond acceptors (Lipinski definition) is 7. The predicted molar refractivity (Wildman–Crippen MR) is 121 cm³/mol. The minimum absolute atomic E-state index is 0.216. The van der Waals surface area contributed by atoms with Gasteiger partial charge < -0.3 is 20.1 Å². The molecule has 1 amide bonds. The number of aryl methyl sites for hydroxylation is 1. The SMILES string of the molecule is Cc1nc(Nc2ccc(NC(=O)c3cc(-c4ccccc4)on3)cc2)cc(N(C)C)n1. The van der Waals surface area contributed by atoms with E-state index in [2.05, 4.69) is 25.8 Å². The number of nitrogens with one attached hydrogen (secondary N) is 2. The molecule has 4 aromatic rings. The molecular formula is C23H22N6O2. The van der Waals surface area contributed by atoms with Crippen LogP contribution in [0.4, 0.5) is 23.0 Å². The Morgan fingerprint density at radius 3 is 2.35 bits per heavy atom. The molecule has 0 radical (unpaired) electrons. The Hall–Kier alpha value is -4.20. The summed E-state index contributed by atoms with van der Waals surface area (Å²) in [5.74, 6) is 2.40. The van der Waals surface area contributed by atoms with Crippen molar-refractivity contribution in [3.8, 4) is 11.3 Å². The molecule has 0 atom stereocenters. The zero-order valence-corrected chi connectivity index (χ0v) is 17.5. The predicted octanol–water partition coefficient (Wildman–Crippen LogP) is 4.50. The van der Waals surface area contributed by atoms with Gasteiger partial charge in [0.25, 0.3) is 5.91 Å². The molecule has 4 rings (SSSR count). The van der Waals surface area contributed by atoms with Crippen LogP contribution in [0.2, 0.25) is 0 Å². The maximum absolute atomic E-state index is 12.5. The minimum atomic E-state index is -0.339. The highest BCUT2D eigenvalue weighted by atomic mass is 16.5. The third-order valence-electron chi connectivity index (χ3n) is 4.50. The molecule has 8 heteroatoms. The summed E-state index contributed by atoms with van der Waals surface area (Å²) in [5, 5.41) is 9.96. The zero-order chi connectivity index (χ0) is 21.8. The Morgan fingerprint density at radius 2 is 1.65 bits per heavy atom. The van der Waals surface area contributed by atoms with E-state index in [1.807, 2.05) is 74.4 Å². The lowest BCUT2D eigenvalue weighted by Crippen LogP contribution is -2.12. The molecule has 0 spiro atoms. The molecular weight excluding hydrogens is 392 g/mol. The van der Waals surface area contributed by atoms with Crippen LogP contribution in [-0.2, 0) is 0 Å². The van der Waals surface area contributed by atoms with Crippen molar-refractivity contribution in [2.75, 3.05) is 29.6 Å². The number of nitrogens with zero attached hydrogens (tertiary/aromatic N) is 4. The van der Waals surface area contributed by atoms with Crippen molar-refractivity contribution in [3.05, 3.63) is 78.2 Å². The highest BCUT2D eigenvalue weighted by molar-refractivity contribution is 6.03. The molecule has 0 aliphatic carbocycles. The largest absolute Gasteiger partial charge is 0.363 e. The van der Waals surface area contributed by atoms with Gasteiger partial charge in [-0.05, 0) is 31.2 Å². The number of aromatic nitrogens is 3. The van der Waals surface area contributed by atoms with Crippen LogP contribution >= 0.6 is 0 Å². The molecule has 0 aliphatic rings. The van der Waals surface area contributed by atoms with Gasteiger partial charge in [0.15, 0.2) is 11.5 Å². The molecule has 2 N–H and O–H groups in total. The van der Waals surface area contributed by atoms with E-state index in [-0.39, 0.29) is 11.6 Å². The van der Waals surface area contributed by atoms with E-state index in [0.717, 1.165) is 17.1 Å². The number of anilines is 4. The van der Waals surface area contributed by atoms with Gasteiger partial charge in [0.2, 0.25) is 0 Å². The molecule has 0 aliphatic heterocycles. The van der Waals surface area contributed by atoms with Crippen molar-refractivity contribution in [1.29, 1.82) is 0 Å². The average Bonchev–Trinajstić information content (AvgIpc) is 3.26. The first-order chi connectivity index (χ1) is 15.0. The number of hydrogen-bond donors (Lipinski definition) is 2. The maximum atomic E-state index is 12.5. The van der Waals surface area contributed by atoms with E-state index < -0.39 is 0 Å². The van der Waals surface area contributed by atoms with Crippen molar-refractivity contribution in [2.24, 2.45) is 0 Å². The Labute approximate surface area is 179 Å². The van der Waals surface area contributed by atoms with Crippen molar-refractivity contribution in [2.45, 2.75) is 6.92 Å². The second-order valence-corrected chi connectivity index (χ2v) is 7.15. The van der Waals surface area contributed by atoms with Gasteiger partial charge in [-0.3, -0.25) is 4.79 Å². The molecule has 0 saturated carbocycles. The molecule has 0 fully saturated rings. The molecule has 0 bridgehead atoms. The van der Waals surface area contributed by atoms with Gasteiger partial charge in [-0.1, -0.05) is 35.5 Å². The lowest BCUT2D eigenvalue weighted by atomic mass is 10.1. The maximum Gasteiger partial charge on any atom is 0.277 e. The minimum Gasteiger partial charge on any atom is -0.363 e. The number of amides is 1. The summed E-state index contributed by atoms with van der Waals surface area (Å²) in [6.07, 6.45) is 0. The number of rotatable bonds is 6. The lowest BCUT2D eigenvalue weighted by Gasteiger charge is -2.14. The first-order valence-electron chi connectivity index (χ1n) is 9.71. The van der Waals surface area contributed by atoms with Crippen LogP contribution in [0.1, 0.15) is 16.3 Å². The summed E-state index contributed by atoms with van der Waals surface area (Å²) in [5.41, 5.74) is 2.57. The third kappa shape index (κ3) is 4.87. The zero-order valence-electron chi connectivity index (χ0n) is 17.5. The fourth-order valence-electron chi connectivity index (χ4n) is 2.95. The Balaban J connectivity index is 1.42.